The lowest BCUT2D eigenvalue weighted by Gasteiger charge is -2.41. The minimum Gasteiger partial charge on any atom is -0.331 e. The average Bonchev–Trinajstić information content (AvgIpc) is 3.42. The number of piperidine rings is 1. The van der Waals surface area contributed by atoms with E-state index in [0.29, 0.717) is 36.1 Å². The first-order valence-corrected chi connectivity index (χ1v) is 11.7. The Morgan fingerprint density at radius 1 is 0.939 bits per heavy atom. The minimum absolute atomic E-state index is 0.0535. The second-order valence-electron chi connectivity index (χ2n) is 9.50. The first-order valence-electron chi connectivity index (χ1n) is 11.7. The van der Waals surface area contributed by atoms with Crippen LogP contribution in [0.25, 0.3) is 11.0 Å². The van der Waals surface area contributed by atoms with Crippen LogP contribution in [0.1, 0.15) is 62.4 Å². The van der Waals surface area contributed by atoms with Crippen molar-refractivity contribution in [1.82, 2.24) is 23.5 Å². The highest BCUT2D eigenvalue weighted by Gasteiger charge is 2.48. The van der Waals surface area contributed by atoms with Gasteiger partial charge in [-0.15, -0.1) is 0 Å². The van der Waals surface area contributed by atoms with Gasteiger partial charge in [0.15, 0.2) is 0 Å². The lowest BCUT2D eigenvalue weighted by atomic mass is 9.95. The van der Waals surface area contributed by atoms with Gasteiger partial charge >= 0.3 is 5.69 Å². The lowest BCUT2D eigenvalue weighted by molar-refractivity contribution is -0.142. The number of aryl methyl sites for hydroxylation is 2. The number of fused-ring (bicyclic) bond motifs is 3. The maximum Gasteiger partial charge on any atom is 0.332 e. The summed E-state index contributed by atoms with van der Waals surface area (Å²) in [7, 11) is 3.05. The van der Waals surface area contributed by atoms with Crippen molar-refractivity contribution in [3.8, 4) is 0 Å². The molecule has 0 N–H and O–H groups in total. The van der Waals surface area contributed by atoms with Gasteiger partial charge in [0.1, 0.15) is 11.3 Å². The van der Waals surface area contributed by atoms with Crippen molar-refractivity contribution in [3.63, 3.8) is 0 Å². The Kier molecular flexibility index (Phi) is 5.06. The average molecular weight is 456 g/mol. The number of carbonyl (C=O) groups excluding carboxylic acids is 3. The summed E-state index contributed by atoms with van der Waals surface area (Å²) in [4.78, 5) is 67.0. The van der Waals surface area contributed by atoms with Crippen LogP contribution < -0.4 is 11.2 Å². The molecule has 2 unspecified atom stereocenters. The first kappa shape index (κ1) is 21.7. The normalized spacial score (nSPS) is 25.0. The van der Waals surface area contributed by atoms with E-state index in [0.717, 1.165) is 23.8 Å². The molecule has 3 fully saturated rings. The summed E-state index contributed by atoms with van der Waals surface area (Å²) in [5.41, 5.74) is 0.0325. The maximum absolute atomic E-state index is 13.8. The summed E-state index contributed by atoms with van der Waals surface area (Å²) in [5.74, 6) is -0.368. The molecule has 5 heterocycles. The third kappa shape index (κ3) is 3.10. The number of nitrogens with zero attached hydrogens (tertiary/aromatic N) is 5. The number of likely N-dealkylation sites (tertiary alicyclic amines) is 1. The van der Waals surface area contributed by atoms with E-state index >= 15 is 0 Å². The summed E-state index contributed by atoms with van der Waals surface area (Å²) in [6, 6.07) is 1.36. The second-order valence-corrected chi connectivity index (χ2v) is 9.50. The summed E-state index contributed by atoms with van der Waals surface area (Å²) in [5, 5.41) is 0.354. The fraction of sp³-hybridized carbons (Fsp3) is 0.609. The molecule has 0 radical (unpaired) electrons. The fourth-order valence-electron chi connectivity index (χ4n) is 6.09. The molecule has 3 amide bonds. The largest absolute Gasteiger partial charge is 0.332 e. The van der Waals surface area contributed by atoms with E-state index in [1.165, 1.54) is 16.5 Å². The van der Waals surface area contributed by atoms with Gasteiger partial charge < -0.3 is 9.47 Å². The van der Waals surface area contributed by atoms with Gasteiger partial charge in [-0.1, -0.05) is 6.92 Å². The predicted molar refractivity (Wildman–Crippen MR) is 120 cm³/mol. The summed E-state index contributed by atoms with van der Waals surface area (Å²) >= 11 is 0. The number of amides is 3. The van der Waals surface area contributed by atoms with Crippen LogP contribution in [0, 0.1) is 0 Å². The maximum atomic E-state index is 13.8. The summed E-state index contributed by atoms with van der Waals surface area (Å²) < 4.78 is 4.28. The monoisotopic (exact) mass is 455 g/mol. The Labute approximate surface area is 190 Å². The number of hydrogen-bond acceptors (Lipinski definition) is 5. The van der Waals surface area contributed by atoms with Gasteiger partial charge in [0.05, 0.1) is 5.39 Å². The van der Waals surface area contributed by atoms with Gasteiger partial charge in [0.2, 0.25) is 11.8 Å². The molecule has 0 aliphatic carbocycles. The van der Waals surface area contributed by atoms with E-state index in [1.54, 1.807) is 17.7 Å². The van der Waals surface area contributed by atoms with Crippen molar-refractivity contribution >= 4 is 28.8 Å². The quantitative estimate of drug-likeness (QED) is 0.632. The fourth-order valence-corrected chi connectivity index (χ4v) is 6.09. The van der Waals surface area contributed by atoms with Crippen LogP contribution in [0.5, 0.6) is 0 Å². The highest BCUT2D eigenvalue weighted by molar-refractivity contribution is 6.02. The standard InChI is InChI=1S/C23H29N5O5/c1-4-9-26-17(12-16-20(26)24(2)23(33)25(3)21(16)31)22(32)27-13-5-6-14(27)11-15(10-13)28-18(29)7-8-19(28)30/h12-15H,4-11H2,1-3H3. The molecule has 2 aromatic rings. The number of imide groups is 1. The Hall–Kier alpha value is -3.17. The van der Waals surface area contributed by atoms with Crippen molar-refractivity contribution in [2.24, 2.45) is 14.1 Å². The molecule has 0 saturated carbocycles. The molecule has 10 nitrogen and oxygen atoms in total. The second kappa shape index (κ2) is 7.71. The van der Waals surface area contributed by atoms with Crippen LogP contribution >= 0.6 is 0 Å². The van der Waals surface area contributed by atoms with E-state index in [9.17, 15) is 24.0 Å². The van der Waals surface area contributed by atoms with Crippen LogP contribution in [0.4, 0.5) is 0 Å². The van der Waals surface area contributed by atoms with Crippen LogP contribution in [0.2, 0.25) is 0 Å². The third-order valence-corrected chi connectivity index (χ3v) is 7.56. The number of aromatic nitrogens is 3. The van der Waals surface area contributed by atoms with Gasteiger partial charge in [-0.3, -0.25) is 33.2 Å². The molecule has 3 saturated heterocycles. The zero-order chi connectivity index (χ0) is 23.6. The van der Waals surface area contributed by atoms with Gasteiger partial charge in [0, 0.05) is 51.6 Å². The first-order chi connectivity index (χ1) is 15.7. The van der Waals surface area contributed by atoms with Crippen LogP contribution in [-0.2, 0) is 30.2 Å². The molecular formula is C23H29N5O5. The zero-order valence-corrected chi connectivity index (χ0v) is 19.2. The minimum atomic E-state index is -0.428. The van der Waals surface area contributed by atoms with Crippen molar-refractivity contribution in [2.75, 3.05) is 0 Å². The smallest absolute Gasteiger partial charge is 0.331 e. The van der Waals surface area contributed by atoms with Crippen LogP contribution in [0.15, 0.2) is 15.7 Å². The van der Waals surface area contributed by atoms with Gasteiger partial charge in [-0.2, -0.15) is 0 Å². The number of hydrogen-bond donors (Lipinski definition) is 0. The molecule has 5 rings (SSSR count). The number of carbonyl (C=O) groups is 3. The van der Waals surface area contributed by atoms with E-state index in [1.807, 2.05) is 11.8 Å². The Bertz CT molecular complexity index is 1270. The highest BCUT2D eigenvalue weighted by Crippen LogP contribution is 2.40. The molecule has 0 spiro atoms. The molecule has 0 aromatic carbocycles. The van der Waals surface area contributed by atoms with E-state index in [-0.39, 0.29) is 48.7 Å². The Morgan fingerprint density at radius 3 is 2.12 bits per heavy atom. The van der Waals surface area contributed by atoms with Crippen molar-refractivity contribution in [3.05, 3.63) is 32.6 Å². The van der Waals surface area contributed by atoms with Crippen molar-refractivity contribution in [1.29, 1.82) is 0 Å². The van der Waals surface area contributed by atoms with Gasteiger partial charge in [0.25, 0.3) is 11.5 Å². The van der Waals surface area contributed by atoms with Gasteiger partial charge in [-0.05, 0) is 38.2 Å². The molecule has 2 atom stereocenters. The summed E-state index contributed by atoms with van der Waals surface area (Å²) in [6.45, 7) is 2.49. The molecule has 10 heteroatoms. The molecule has 176 valence electrons. The molecule has 33 heavy (non-hydrogen) atoms. The summed E-state index contributed by atoms with van der Waals surface area (Å²) in [6.07, 6.45) is 4.13. The Balaban J connectivity index is 1.53. The number of rotatable bonds is 4. The SMILES string of the molecule is CCCn1c(C(=O)N2C3CCC2CC(N2C(=O)CCC2=O)C3)cc2c(=O)n(C)c(=O)n(C)c21. The topological polar surface area (TPSA) is 107 Å². The molecule has 3 aliphatic rings. The van der Waals surface area contributed by atoms with E-state index in [2.05, 4.69) is 0 Å². The van der Waals surface area contributed by atoms with Crippen LogP contribution in [0.3, 0.4) is 0 Å². The third-order valence-electron chi connectivity index (χ3n) is 7.56. The van der Waals surface area contributed by atoms with E-state index in [4.69, 9.17) is 0 Å². The highest BCUT2D eigenvalue weighted by atomic mass is 16.2. The molecule has 2 aromatic heterocycles. The zero-order valence-electron chi connectivity index (χ0n) is 19.2. The molecule has 2 bridgehead atoms. The lowest BCUT2D eigenvalue weighted by Crippen LogP contribution is -2.53. The van der Waals surface area contributed by atoms with Crippen LogP contribution in [-0.4, -0.2) is 59.3 Å². The van der Waals surface area contributed by atoms with E-state index < -0.39 is 11.2 Å². The van der Waals surface area contributed by atoms with Gasteiger partial charge in [-0.25, -0.2) is 4.79 Å². The predicted octanol–water partition coefficient (Wildman–Crippen LogP) is 0.733. The Morgan fingerprint density at radius 2 is 1.55 bits per heavy atom. The van der Waals surface area contributed by atoms with Crippen molar-refractivity contribution < 1.29 is 14.4 Å². The molecule has 3 aliphatic heterocycles. The van der Waals surface area contributed by atoms with Crippen molar-refractivity contribution in [2.45, 2.75) is 76.5 Å². The molecular weight excluding hydrogens is 426 g/mol.